The SMILES string of the molecule is COc1cc(Br)c(CNCc2cccnc2-n2cccn2)cc1OC. The summed E-state index contributed by atoms with van der Waals surface area (Å²) < 4.78 is 13.4. The number of hydrogen-bond donors (Lipinski definition) is 1. The summed E-state index contributed by atoms with van der Waals surface area (Å²) in [6, 6.07) is 9.73. The maximum absolute atomic E-state index is 5.37. The molecule has 0 saturated heterocycles. The van der Waals surface area contributed by atoms with Crippen molar-refractivity contribution in [3.8, 4) is 17.3 Å². The van der Waals surface area contributed by atoms with E-state index in [4.69, 9.17) is 9.47 Å². The zero-order valence-electron chi connectivity index (χ0n) is 14.1. The summed E-state index contributed by atoms with van der Waals surface area (Å²) in [5.74, 6) is 2.24. The molecular formula is C18H19BrN4O2. The summed E-state index contributed by atoms with van der Waals surface area (Å²) in [6.07, 6.45) is 5.40. The molecule has 3 aromatic rings. The van der Waals surface area contributed by atoms with E-state index in [2.05, 4.69) is 31.3 Å². The topological polar surface area (TPSA) is 61.2 Å². The molecule has 1 N–H and O–H groups in total. The highest BCUT2D eigenvalue weighted by Gasteiger charge is 2.10. The fourth-order valence-corrected chi connectivity index (χ4v) is 2.99. The Labute approximate surface area is 154 Å². The third-order valence-corrected chi connectivity index (χ3v) is 4.51. The molecule has 25 heavy (non-hydrogen) atoms. The highest BCUT2D eigenvalue weighted by molar-refractivity contribution is 9.10. The molecule has 0 aliphatic rings. The molecule has 0 radical (unpaired) electrons. The zero-order chi connectivity index (χ0) is 17.6. The van der Waals surface area contributed by atoms with Crippen molar-refractivity contribution in [3.05, 3.63) is 64.5 Å². The van der Waals surface area contributed by atoms with Crippen LogP contribution < -0.4 is 14.8 Å². The minimum atomic E-state index is 0.670. The summed E-state index contributed by atoms with van der Waals surface area (Å²) in [5.41, 5.74) is 2.16. The van der Waals surface area contributed by atoms with Gasteiger partial charge in [0.05, 0.1) is 14.2 Å². The van der Waals surface area contributed by atoms with Crippen LogP contribution >= 0.6 is 15.9 Å². The third-order valence-electron chi connectivity index (χ3n) is 3.77. The van der Waals surface area contributed by atoms with Crippen molar-refractivity contribution in [1.29, 1.82) is 0 Å². The number of aromatic nitrogens is 3. The van der Waals surface area contributed by atoms with Crippen LogP contribution in [-0.4, -0.2) is 29.0 Å². The van der Waals surface area contributed by atoms with Gasteiger partial charge in [-0.3, -0.25) is 0 Å². The Balaban J connectivity index is 1.72. The van der Waals surface area contributed by atoms with Gasteiger partial charge in [-0.05, 0) is 29.8 Å². The second kappa shape index (κ2) is 8.13. The lowest BCUT2D eigenvalue weighted by molar-refractivity contribution is 0.354. The molecule has 0 bridgehead atoms. The fraction of sp³-hybridized carbons (Fsp3) is 0.222. The number of halogens is 1. The van der Waals surface area contributed by atoms with Gasteiger partial charge in [-0.2, -0.15) is 5.10 Å². The molecule has 7 heteroatoms. The third kappa shape index (κ3) is 4.00. The van der Waals surface area contributed by atoms with Gasteiger partial charge in [-0.1, -0.05) is 22.0 Å². The van der Waals surface area contributed by atoms with E-state index >= 15 is 0 Å². The Morgan fingerprint density at radius 1 is 1.04 bits per heavy atom. The minimum absolute atomic E-state index is 0.670. The zero-order valence-corrected chi connectivity index (χ0v) is 15.7. The first kappa shape index (κ1) is 17.4. The normalized spacial score (nSPS) is 10.7. The smallest absolute Gasteiger partial charge is 0.161 e. The van der Waals surface area contributed by atoms with Crippen molar-refractivity contribution in [3.63, 3.8) is 0 Å². The maximum atomic E-state index is 5.37. The Bertz CT molecular complexity index is 837. The summed E-state index contributed by atoms with van der Waals surface area (Å²) >= 11 is 3.58. The Hall–Kier alpha value is -2.38. The fourth-order valence-electron chi connectivity index (χ4n) is 2.53. The minimum Gasteiger partial charge on any atom is -0.493 e. The lowest BCUT2D eigenvalue weighted by Gasteiger charge is -2.13. The maximum Gasteiger partial charge on any atom is 0.161 e. The second-order valence-corrected chi connectivity index (χ2v) is 6.19. The number of nitrogens with zero attached hydrogens (tertiary/aromatic N) is 3. The van der Waals surface area contributed by atoms with Crippen molar-refractivity contribution in [2.75, 3.05) is 14.2 Å². The first-order chi connectivity index (χ1) is 12.2. The van der Waals surface area contributed by atoms with E-state index in [1.165, 1.54) is 0 Å². The lowest BCUT2D eigenvalue weighted by Crippen LogP contribution is -2.16. The molecule has 130 valence electrons. The van der Waals surface area contributed by atoms with Gasteiger partial charge in [-0.15, -0.1) is 0 Å². The summed E-state index contributed by atoms with van der Waals surface area (Å²) in [6.45, 7) is 1.35. The summed E-state index contributed by atoms with van der Waals surface area (Å²) in [7, 11) is 3.26. The number of ether oxygens (including phenoxy) is 2. The van der Waals surface area contributed by atoms with Crippen LogP contribution in [0, 0.1) is 0 Å². The van der Waals surface area contributed by atoms with Crippen molar-refractivity contribution < 1.29 is 9.47 Å². The molecule has 6 nitrogen and oxygen atoms in total. The number of rotatable bonds is 7. The van der Waals surface area contributed by atoms with E-state index in [0.717, 1.165) is 21.4 Å². The molecule has 2 aromatic heterocycles. The molecule has 0 aliphatic carbocycles. The standard InChI is InChI=1S/C18H19BrN4O2/c1-24-16-9-14(15(19)10-17(16)25-2)12-20-11-13-5-3-6-21-18(13)23-8-4-7-22-23/h3-10,20H,11-12H2,1-2H3. The van der Waals surface area contributed by atoms with E-state index in [1.807, 2.05) is 36.5 Å². The van der Waals surface area contributed by atoms with E-state index in [0.29, 0.717) is 24.6 Å². The van der Waals surface area contributed by atoms with Crippen molar-refractivity contribution in [1.82, 2.24) is 20.1 Å². The monoisotopic (exact) mass is 402 g/mol. The van der Waals surface area contributed by atoms with Crippen LogP contribution in [0.4, 0.5) is 0 Å². The molecule has 0 saturated carbocycles. The van der Waals surface area contributed by atoms with Crippen LogP contribution in [0.15, 0.2) is 53.4 Å². The second-order valence-electron chi connectivity index (χ2n) is 5.34. The molecule has 1 aromatic carbocycles. The Kier molecular flexibility index (Phi) is 5.67. The number of hydrogen-bond acceptors (Lipinski definition) is 5. The number of pyridine rings is 1. The molecular weight excluding hydrogens is 384 g/mol. The predicted octanol–water partition coefficient (Wildman–Crippen LogP) is 3.34. The Morgan fingerprint density at radius 3 is 2.52 bits per heavy atom. The molecule has 0 spiro atoms. The average Bonchev–Trinajstić information content (AvgIpc) is 3.17. The quantitative estimate of drug-likeness (QED) is 0.656. The Morgan fingerprint density at radius 2 is 1.80 bits per heavy atom. The number of benzene rings is 1. The lowest BCUT2D eigenvalue weighted by atomic mass is 10.2. The molecule has 0 fully saturated rings. The van der Waals surface area contributed by atoms with E-state index in [9.17, 15) is 0 Å². The van der Waals surface area contributed by atoms with Crippen molar-refractivity contribution >= 4 is 15.9 Å². The van der Waals surface area contributed by atoms with Gasteiger partial charge in [0.15, 0.2) is 17.3 Å². The van der Waals surface area contributed by atoms with Gasteiger partial charge < -0.3 is 14.8 Å². The van der Waals surface area contributed by atoms with Crippen LogP contribution in [0.3, 0.4) is 0 Å². The molecule has 0 unspecified atom stereocenters. The number of nitrogens with one attached hydrogen (secondary N) is 1. The largest absolute Gasteiger partial charge is 0.493 e. The molecule has 0 aliphatic heterocycles. The molecule has 0 amide bonds. The average molecular weight is 403 g/mol. The van der Waals surface area contributed by atoms with Gasteiger partial charge >= 0.3 is 0 Å². The van der Waals surface area contributed by atoms with Crippen molar-refractivity contribution in [2.45, 2.75) is 13.1 Å². The van der Waals surface area contributed by atoms with Crippen LogP contribution in [-0.2, 0) is 13.1 Å². The van der Waals surface area contributed by atoms with Gasteiger partial charge in [0.25, 0.3) is 0 Å². The van der Waals surface area contributed by atoms with Gasteiger partial charge in [0.1, 0.15) is 0 Å². The van der Waals surface area contributed by atoms with E-state index in [-0.39, 0.29) is 0 Å². The van der Waals surface area contributed by atoms with Crippen LogP contribution in [0.5, 0.6) is 11.5 Å². The molecule has 2 heterocycles. The highest BCUT2D eigenvalue weighted by Crippen LogP contribution is 2.33. The van der Waals surface area contributed by atoms with Crippen LogP contribution in [0.1, 0.15) is 11.1 Å². The van der Waals surface area contributed by atoms with E-state index < -0.39 is 0 Å². The van der Waals surface area contributed by atoms with Gasteiger partial charge in [0.2, 0.25) is 0 Å². The van der Waals surface area contributed by atoms with Crippen LogP contribution in [0.25, 0.3) is 5.82 Å². The van der Waals surface area contributed by atoms with Gasteiger partial charge in [-0.25, -0.2) is 9.67 Å². The first-order valence-electron chi connectivity index (χ1n) is 7.78. The van der Waals surface area contributed by atoms with Crippen molar-refractivity contribution in [2.24, 2.45) is 0 Å². The predicted molar refractivity (Wildman–Crippen MR) is 99.1 cm³/mol. The molecule has 0 atom stereocenters. The van der Waals surface area contributed by atoms with Crippen LogP contribution in [0.2, 0.25) is 0 Å². The van der Waals surface area contributed by atoms with E-state index in [1.54, 1.807) is 31.3 Å². The van der Waals surface area contributed by atoms with Gasteiger partial charge in [0, 0.05) is 41.7 Å². The summed E-state index contributed by atoms with van der Waals surface area (Å²) in [5, 5.41) is 7.70. The first-order valence-corrected chi connectivity index (χ1v) is 8.57. The number of methoxy groups -OCH3 is 2. The summed E-state index contributed by atoms with van der Waals surface area (Å²) in [4.78, 5) is 4.43. The molecule has 3 rings (SSSR count). The highest BCUT2D eigenvalue weighted by atomic mass is 79.9.